The molecule has 0 aliphatic heterocycles. The Balaban J connectivity index is 2.06. The van der Waals surface area contributed by atoms with Crippen LogP contribution in [0.4, 0.5) is 0 Å². The molecule has 0 fully saturated rings. The van der Waals surface area contributed by atoms with Gasteiger partial charge in [0.15, 0.2) is 0 Å². The van der Waals surface area contributed by atoms with Crippen molar-refractivity contribution < 1.29 is 5.11 Å². The van der Waals surface area contributed by atoms with Crippen molar-refractivity contribution in [3.05, 3.63) is 88.9 Å². The Morgan fingerprint density at radius 2 is 1.48 bits per heavy atom. The zero-order chi connectivity index (χ0) is 14.7. The van der Waals surface area contributed by atoms with Crippen LogP contribution < -0.4 is 0 Å². The van der Waals surface area contributed by atoms with E-state index < -0.39 is 0 Å². The second-order valence-electron chi connectivity index (χ2n) is 4.98. The minimum Gasteiger partial charge on any atom is -0.507 e. The summed E-state index contributed by atoms with van der Waals surface area (Å²) in [4.78, 5) is 0. The molecular weight excluding hydrogens is 280 g/mol. The van der Waals surface area contributed by atoms with Crippen LogP contribution in [0.2, 0.25) is 5.02 Å². The minimum absolute atomic E-state index is 0.250. The van der Waals surface area contributed by atoms with E-state index in [0.29, 0.717) is 5.02 Å². The molecule has 0 aromatic heterocycles. The molecule has 0 spiro atoms. The average molecular weight is 295 g/mol. The van der Waals surface area contributed by atoms with Gasteiger partial charge in [-0.3, -0.25) is 0 Å². The highest BCUT2D eigenvalue weighted by Crippen LogP contribution is 2.34. The highest BCUT2D eigenvalue weighted by atomic mass is 35.5. The fourth-order valence-electron chi connectivity index (χ4n) is 2.48. The van der Waals surface area contributed by atoms with E-state index in [1.807, 2.05) is 36.4 Å². The molecule has 0 saturated heterocycles. The molecule has 1 N–H and O–H groups in total. The van der Waals surface area contributed by atoms with Crippen molar-refractivity contribution in [2.45, 2.75) is 6.42 Å². The van der Waals surface area contributed by atoms with Gasteiger partial charge in [0, 0.05) is 10.6 Å². The van der Waals surface area contributed by atoms with Crippen molar-refractivity contribution in [2.24, 2.45) is 0 Å². The topological polar surface area (TPSA) is 20.2 Å². The van der Waals surface area contributed by atoms with Gasteiger partial charge in [-0.15, -0.1) is 0 Å². The smallest absolute Gasteiger partial charge is 0.123 e. The first-order valence-corrected chi connectivity index (χ1v) is 7.22. The lowest BCUT2D eigenvalue weighted by Gasteiger charge is -2.12. The number of halogens is 1. The second-order valence-corrected chi connectivity index (χ2v) is 5.42. The van der Waals surface area contributed by atoms with Crippen molar-refractivity contribution in [2.75, 3.05) is 0 Å². The van der Waals surface area contributed by atoms with Crippen LogP contribution in [0.3, 0.4) is 0 Å². The molecule has 0 bridgehead atoms. The van der Waals surface area contributed by atoms with Crippen molar-refractivity contribution in [3.8, 4) is 16.9 Å². The predicted octanol–water partition coefficient (Wildman–Crippen LogP) is 5.30. The van der Waals surface area contributed by atoms with Gasteiger partial charge < -0.3 is 5.11 Å². The summed E-state index contributed by atoms with van der Waals surface area (Å²) in [6, 6.07) is 23.5. The zero-order valence-electron chi connectivity index (χ0n) is 11.5. The van der Waals surface area contributed by atoms with Crippen molar-refractivity contribution in [1.82, 2.24) is 0 Å². The molecule has 21 heavy (non-hydrogen) atoms. The standard InChI is InChI=1S/C19H15ClO/c20-16-10-11-19(21)18(13-16)17-9-5-4-8-15(17)12-14-6-2-1-3-7-14/h1-11,13,21H,12H2. The van der Waals surface area contributed by atoms with Gasteiger partial charge in [-0.2, -0.15) is 0 Å². The van der Waals surface area contributed by atoms with Crippen LogP contribution in [0, 0.1) is 0 Å². The van der Waals surface area contributed by atoms with Crippen LogP contribution in [0.25, 0.3) is 11.1 Å². The molecule has 3 aromatic carbocycles. The molecule has 0 aliphatic rings. The van der Waals surface area contributed by atoms with Crippen molar-refractivity contribution >= 4 is 11.6 Å². The number of benzene rings is 3. The SMILES string of the molecule is Oc1ccc(Cl)cc1-c1ccccc1Cc1ccccc1. The highest BCUT2D eigenvalue weighted by molar-refractivity contribution is 6.31. The summed E-state index contributed by atoms with van der Waals surface area (Å²) in [5.41, 5.74) is 4.20. The van der Waals surface area contributed by atoms with Crippen LogP contribution >= 0.6 is 11.6 Å². The molecule has 0 radical (unpaired) electrons. The molecule has 0 heterocycles. The van der Waals surface area contributed by atoms with Gasteiger partial charge in [-0.25, -0.2) is 0 Å². The van der Waals surface area contributed by atoms with E-state index in [0.717, 1.165) is 17.5 Å². The molecule has 3 aromatic rings. The number of hydrogen-bond acceptors (Lipinski definition) is 1. The summed E-state index contributed by atoms with van der Waals surface area (Å²) in [6.45, 7) is 0. The Bertz CT molecular complexity index is 751. The van der Waals surface area contributed by atoms with Crippen LogP contribution in [0.15, 0.2) is 72.8 Å². The van der Waals surface area contributed by atoms with E-state index >= 15 is 0 Å². The number of phenolic OH excluding ortho intramolecular Hbond substituents is 1. The maximum absolute atomic E-state index is 10.1. The van der Waals surface area contributed by atoms with Crippen molar-refractivity contribution in [1.29, 1.82) is 0 Å². The quantitative estimate of drug-likeness (QED) is 0.694. The van der Waals surface area contributed by atoms with Crippen LogP contribution in [-0.2, 0) is 6.42 Å². The number of rotatable bonds is 3. The Morgan fingerprint density at radius 1 is 0.762 bits per heavy atom. The first-order valence-electron chi connectivity index (χ1n) is 6.85. The average Bonchev–Trinajstić information content (AvgIpc) is 2.51. The highest BCUT2D eigenvalue weighted by Gasteiger charge is 2.10. The Kier molecular flexibility index (Phi) is 3.94. The predicted molar refractivity (Wildman–Crippen MR) is 87.8 cm³/mol. The lowest BCUT2D eigenvalue weighted by Crippen LogP contribution is -1.92. The number of hydrogen-bond donors (Lipinski definition) is 1. The molecule has 3 rings (SSSR count). The first-order chi connectivity index (χ1) is 10.2. The number of aromatic hydroxyl groups is 1. The lowest BCUT2D eigenvalue weighted by atomic mass is 9.94. The molecule has 0 saturated carbocycles. The molecular formula is C19H15ClO. The molecule has 2 heteroatoms. The molecule has 0 amide bonds. The fraction of sp³-hybridized carbons (Fsp3) is 0.0526. The van der Waals surface area contributed by atoms with Crippen molar-refractivity contribution in [3.63, 3.8) is 0 Å². The molecule has 0 unspecified atom stereocenters. The summed E-state index contributed by atoms with van der Waals surface area (Å²) in [5.74, 6) is 0.250. The Labute approximate surface area is 129 Å². The van der Waals surface area contributed by atoms with Gasteiger partial charge in [-0.05, 0) is 41.3 Å². The summed E-state index contributed by atoms with van der Waals surface area (Å²) < 4.78 is 0. The van der Waals surface area contributed by atoms with E-state index in [-0.39, 0.29) is 5.75 Å². The zero-order valence-corrected chi connectivity index (χ0v) is 12.2. The molecule has 0 aliphatic carbocycles. The van der Waals surface area contributed by atoms with Gasteiger partial charge in [0.25, 0.3) is 0 Å². The van der Waals surface area contributed by atoms with Gasteiger partial charge in [-0.1, -0.05) is 66.2 Å². The van der Waals surface area contributed by atoms with Crippen LogP contribution in [0.1, 0.15) is 11.1 Å². The first kappa shape index (κ1) is 13.7. The van der Waals surface area contributed by atoms with E-state index in [4.69, 9.17) is 11.6 Å². The van der Waals surface area contributed by atoms with Crippen LogP contribution in [-0.4, -0.2) is 5.11 Å². The Hall–Kier alpha value is -2.25. The fourth-order valence-corrected chi connectivity index (χ4v) is 2.65. The largest absolute Gasteiger partial charge is 0.507 e. The molecule has 0 atom stereocenters. The minimum atomic E-state index is 0.250. The summed E-state index contributed by atoms with van der Waals surface area (Å²) >= 11 is 6.07. The molecule has 104 valence electrons. The van der Waals surface area contributed by atoms with E-state index in [9.17, 15) is 5.11 Å². The van der Waals surface area contributed by atoms with Gasteiger partial charge in [0.05, 0.1) is 0 Å². The van der Waals surface area contributed by atoms with Gasteiger partial charge in [0.2, 0.25) is 0 Å². The van der Waals surface area contributed by atoms with E-state index in [1.54, 1.807) is 18.2 Å². The lowest BCUT2D eigenvalue weighted by molar-refractivity contribution is 0.477. The normalized spacial score (nSPS) is 10.5. The van der Waals surface area contributed by atoms with Gasteiger partial charge >= 0.3 is 0 Å². The van der Waals surface area contributed by atoms with E-state index in [1.165, 1.54) is 11.1 Å². The monoisotopic (exact) mass is 294 g/mol. The maximum Gasteiger partial charge on any atom is 0.123 e. The third-order valence-electron chi connectivity index (χ3n) is 3.50. The maximum atomic E-state index is 10.1. The van der Waals surface area contributed by atoms with E-state index in [2.05, 4.69) is 18.2 Å². The van der Waals surface area contributed by atoms with Crippen LogP contribution in [0.5, 0.6) is 5.75 Å². The Morgan fingerprint density at radius 3 is 2.29 bits per heavy atom. The third-order valence-corrected chi connectivity index (χ3v) is 3.74. The second kappa shape index (κ2) is 6.02. The summed E-state index contributed by atoms with van der Waals surface area (Å²) in [7, 11) is 0. The number of phenols is 1. The summed E-state index contributed by atoms with van der Waals surface area (Å²) in [5, 5.41) is 10.7. The molecule has 1 nitrogen and oxygen atoms in total. The third kappa shape index (κ3) is 3.09. The van der Waals surface area contributed by atoms with Gasteiger partial charge in [0.1, 0.15) is 5.75 Å². The summed E-state index contributed by atoms with van der Waals surface area (Å²) in [6.07, 6.45) is 0.822.